The lowest BCUT2D eigenvalue weighted by molar-refractivity contribution is -0.174. The number of halogens is 1. The van der Waals surface area contributed by atoms with Gasteiger partial charge in [-0.1, -0.05) is 52.2 Å². The Morgan fingerprint density at radius 1 is 1.39 bits per heavy atom. The summed E-state index contributed by atoms with van der Waals surface area (Å²) in [7, 11) is 1.18. The Balaban J connectivity index is 3.31. The summed E-state index contributed by atoms with van der Waals surface area (Å²) in [6.07, 6.45) is 4.37. The van der Waals surface area contributed by atoms with Crippen LogP contribution in [0.2, 0.25) is 0 Å². The number of alkyl halides is 1. The van der Waals surface area contributed by atoms with Gasteiger partial charge in [0.1, 0.15) is 6.61 Å². The smallest absolute Gasteiger partial charge is 0.409 e. The molecule has 7 heteroatoms. The second-order valence-electron chi connectivity index (χ2n) is 4.34. The van der Waals surface area contributed by atoms with E-state index >= 15 is 0 Å². The van der Waals surface area contributed by atoms with Crippen molar-refractivity contribution in [1.29, 1.82) is 0 Å². The fourth-order valence-corrected chi connectivity index (χ4v) is 2.58. The second kappa shape index (κ2) is 9.18. The molecule has 0 heterocycles. The predicted molar refractivity (Wildman–Crippen MR) is 87.8 cm³/mol. The topological polar surface area (TPSA) is 73.9 Å². The number of alkyl carbamates (subject to hydrolysis) is 1. The number of carbonyl (C=O) groups is 2. The van der Waals surface area contributed by atoms with E-state index < -0.39 is 22.6 Å². The van der Waals surface area contributed by atoms with Crippen LogP contribution in [0, 0.1) is 12.3 Å². The summed E-state index contributed by atoms with van der Waals surface area (Å²) in [6, 6.07) is 8.94. The molecule has 0 aromatic heterocycles. The van der Waals surface area contributed by atoms with Crippen molar-refractivity contribution in [3.05, 3.63) is 35.9 Å². The zero-order chi connectivity index (χ0) is 17.3. The molecule has 0 saturated heterocycles. The normalized spacial score (nSPS) is 14.0. The molecule has 0 aliphatic carbocycles. The number of hydrogen-bond acceptors (Lipinski definition) is 5. The summed E-state index contributed by atoms with van der Waals surface area (Å²) in [4.78, 5) is 23.5. The molecular weight excluding hydrogens is 366 g/mol. The van der Waals surface area contributed by atoms with Gasteiger partial charge in [-0.3, -0.25) is 5.32 Å². The number of ether oxygens (including phenoxy) is 3. The summed E-state index contributed by atoms with van der Waals surface area (Å²) in [5, 5.41) is 2.40. The highest BCUT2D eigenvalue weighted by atomic mass is 79.9. The van der Waals surface area contributed by atoms with Crippen LogP contribution < -0.4 is 5.32 Å². The summed E-state index contributed by atoms with van der Waals surface area (Å²) in [5.41, 5.74) is -1.18. The Bertz CT molecular complexity index is 572. The second-order valence-corrected chi connectivity index (χ2v) is 5.25. The van der Waals surface area contributed by atoms with Crippen molar-refractivity contribution in [2.45, 2.75) is 17.5 Å². The first-order chi connectivity index (χ1) is 11.0. The molecule has 124 valence electrons. The number of benzene rings is 1. The van der Waals surface area contributed by atoms with E-state index in [4.69, 9.17) is 15.9 Å². The van der Waals surface area contributed by atoms with Crippen LogP contribution in [-0.4, -0.2) is 38.1 Å². The summed E-state index contributed by atoms with van der Waals surface area (Å²) in [6.45, 7) is 1.54. The summed E-state index contributed by atoms with van der Waals surface area (Å²) in [5.74, 6) is 1.49. The number of methoxy groups -OCH3 is 1. The highest BCUT2D eigenvalue weighted by Gasteiger charge is 2.50. The molecule has 1 rings (SSSR count). The van der Waals surface area contributed by atoms with Crippen molar-refractivity contribution in [2.24, 2.45) is 0 Å². The molecule has 23 heavy (non-hydrogen) atoms. The number of esters is 1. The molecule has 0 bridgehead atoms. The lowest BCUT2D eigenvalue weighted by Crippen LogP contribution is -2.60. The average Bonchev–Trinajstić information content (AvgIpc) is 2.58. The summed E-state index contributed by atoms with van der Waals surface area (Å²) >= 11 is 3.40. The van der Waals surface area contributed by atoms with Crippen LogP contribution in [0.15, 0.2) is 30.3 Å². The Morgan fingerprint density at radius 2 is 2.04 bits per heavy atom. The first-order valence-electron chi connectivity index (χ1n) is 6.81. The number of rotatable bonds is 7. The van der Waals surface area contributed by atoms with Gasteiger partial charge in [0.25, 0.3) is 5.72 Å². The van der Waals surface area contributed by atoms with E-state index in [1.54, 1.807) is 31.2 Å². The van der Waals surface area contributed by atoms with E-state index in [2.05, 4.69) is 31.9 Å². The Morgan fingerprint density at radius 3 is 2.57 bits per heavy atom. The zero-order valence-electron chi connectivity index (χ0n) is 12.9. The third-order valence-corrected chi connectivity index (χ3v) is 4.06. The van der Waals surface area contributed by atoms with Crippen LogP contribution >= 0.6 is 15.9 Å². The van der Waals surface area contributed by atoms with Crippen LogP contribution in [0.5, 0.6) is 0 Å². The van der Waals surface area contributed by atoms with Gasteiger partial charge in [0.2, 0.25) is 0 Å². The van der Waals surface area contributed by atoms with Gasteiger partial charge in [-0.05, 0) is 12.5 Å². The molecule has 1 amide bonds. The quantitative estimate of drug-likeness (QED) is 0.338. The molecule has 2 atom stereocenters. The molecule has 1 N–H and O–H groups in total. The van der Waals surface area contributed by atoms with Crippen molar-refractivity contribution in [2.75, 3.05) is 20.3 Å². The van der Waals surface area contributed by atoms with Gasteiger partial charge in [-0.2, -0.15) is 0 Å². The number of nitrogens with one attached hydrogen (secondary N) is 1. The molecular formula is C16H18BrNO5. The monoisotopic (exact) mass is 383 g/mol. The fraction of sp³-hybridized carbons (Fsp3) is 0.375. The van der Waals surface area contributed by atoms with E-state index in [0.29, 0.717) is 5.56 Å². The number of amides is 1. The number of terminal acetylenes is 1. The lowest BCUT2D eigenvalue weighted by atomic mass is 10.0. The van der Waals surface area contributed by atoms with Gasteiger partial charge in [0.15, 0.2) is 0 Å². The molecule has 0 saturated carbocycles. The van der Waals surface area contributed by atoms with Crippen molar-refractivity contribution in [3.63, 3.8) is 0 Å². The number of carbonyl (C=O) groups excluding carboxylic acids is 2. The van der Waals surface area contributed by atoms with Crippen LogP contribution in [0.3, 0.4) is 0 Å². The molecule has 0 spiro atoms. The van der Waals surface area contributed by atoms with Gasteiger partial charge in [-0.15, -0.1) is 6.42 Å². The molecule has 2 unspecified atom stereocenters. The van der Waals surface area contributed by atoms with Gasteiger partial charge in [-0.25, -0.2) is 9.59 Å². The van der Waals surface area contributed by atoms with E-state index in [1.165, 1.54) is 7.11 Å². The first kappa shape index (κ1) is 19.0. The molecule has 6 nitrogen and oxygen atoms in total. The minimum absolute atomic E-state index is 0.108. The van der Waals surface area contributed by atoms with Crippen molar-refractivity contribution in [1.82, 2.24) is 5.32 Å². The van der Waals surface area contributed by atoms with Crippen molar-refractivity contribution < 1.29 is 23.8 Å². The molecule has 0 radical (unpaired) electrons. The third kappa shape index (κ3) is 4.71. The Hall–Kier alpha value is -2.04. The Kier molecular flexibility index (Phi) is 7.59. The minimum atomic E-state index is -1.86. The van der Waals surface area contributed by atoms with Crippen molar-refractivity contribution in [3.8, 4) is 12.3 Å². The fourth-order valence-electron chi connectivity index (χ4n) is 1.84. The predicted octanol–water partition coefficient (Wildman–Crippen LogP) is 2.39. The van der Waals surface area contributed by atoms with E-state index in [9.17, 15) is 9.59 Å². The minimum Gasteiger partial charge on any atom is -0.462 e. The molecule has 0 aliphatic rings. The van der Waals surface area contributed by atoms with Crippen LogP contribution in [-0.2, 0) is 19.0 Å². The van der Waals surface area contributed by atoms with Gasteiger partial charge >= 0.3 is 12.1 Å². The van der Waals surface area contributed by atoms with E-state index in [0.717, 1.165) is 0 Å². The average molecular weight is 384 g/mol. The van der Waals surface area contributed by atoms with Gasteiger partial charge < -0.3 is 14.2 Å². The SMILES string of the molecule is C#CCOC(NC(=O)OC)(C(=O)OCC)C(Br)c1ccccc1. The van der Waals surface area contributed by atoms with Gasteiger partial charge in [0, 0.05) is 0 Å². The molecule has 1 aromatic rings. The highest BCUT2D eigenvalue weighted by Crippen LogP contribution is 2.36. The van der Waals surface area contributed by atoms with Crippen molar-refractivity contribution >= 4 is 28.0 Å². The number of hydrogen-bond donors (Lipinski definition) is 1. The molecule has 1 aromatic carbocycles. The maximum atomic E-state index is 12.5. The maximum Gasteiger partial charge on any atom is 0.409 e. The van der Waals surface area contributed by atoms with Gasteiger partial charge in [0.05, 0.1) is 18.5 Å². The molecule has 0 aliphatic heterocycles. The van der Waals surface area contributed by atoms with Crippen LogP contribution in [0.1, 0.15) is 17.3 Å². The third-order valence-electron chi connectivity index (χ3n) is 2.88. The lowest BCUT2D eigenvalue weighted by Gasteiger charge is -2.35. The standard InChI is InChI=1S/C16H18BrNO5/c1-4-11-23-16(14(19)22-5-2,18-15(20)21-3)13(17)12-9-7-6-8-10-12/h1,6-10,13H,5,11H2,2-3H3,(H,18,20). The molecule has 0 fully saturated rings. The highest BCUT2D eigenvalue weighted by molar-refractivity contribution is 9.09. The van der Waals surface area contributed by atoms with E-state index in [-0.39, 0.29) is 13.2 Å². The Labute approximate surface area is 143 Å². The largest absolute Gasteiger partial charge is 0.462 e. The van der Waals surface area contributed by atoms with E-state index in [1.807, 2.05) is 6.07 Å². The maximum absolute atomic E-state index is 12.5. The summed E-state index contributed by atoms with van der Waals surface area (Å²) < 4.78 is 15.2. The van der Waals surface area contributed by atoms with Crippen LogP contribution in [0.4, 0.5) is 4.79 Å². The first-order valence-corrected chi connectivity index (χ1v) is 7.73. The van der Waals surface area contributed by atoms with Crippen LogP contribution in [0.25, 0.3) is 0 Å². The zero-order valence-corrected chi connectivity index (χ0v) is 14.5.